The van der Waals surface area contributed by atoms with Crippen molar-refractivity contribution in [1.29, 1.82) is 0 Å². The van der Waals surface area contributed by atoms with E-state index in [2.05, 4.69) is 27.3 Å². The number of ether oxygens (including phenoxy) is 1. The number of rotatable bonds is 0. The lowest BCUT2D eigenvalue weighted by molar-refractivity contribution is -0.150. The van der Waals surface area contributed by atoms with E-state index < -0.39 is 11.9 Å². The first-order valence-corrected chi connectivity index (χ1v) is 5.16. The van der Waals surface area contributed by atoms with Gasteiger partial charge in [0.1, 0.15) is 0 Å². The number of cyclic esters (lactones) is 2. The topological polar surface area (TPSA) is 43.4 Å². The summed E-state index contributed by atoms with van der Waals surface area (Å²) in [5.41, 5.74) is 0.707. The molecule has 0 radical (unpaired) electrons. The van der Waals surface area contributed by atoms with E-state index in [0.717, 1.165) is 0 Å². The van der Waals surface area contributed by atoms with Crippen LogP contribution in [0.4, 0.5) is 0 Å². The number of halogens is 1. The molecule has 3 nitrogen and oxygen atoms in total. The number of alkyl halides is 1. The van der Waals surface area contributed by atoms with Crippen molar-refractivity contribution < 1.29 is 14.3 Å². The predicted molar refractivity (Wildman–Crippen MR) is 58.8 cm³/mol. The van der Waals surface area contributed by atoms with Crippen molar-refractivity contribution in [1.82, 2.24) is 0 Å². The largest absolute Gasteiger partial charge is 0.386 e. The van der Waals surface area contributed by atoms with Crippen LogP contribution in [-0.2, 0) is 14.3 Å². The van der Waals surface area contributed by atoms with Crippen molar-refractivity contribution in [3.05, 3.63) is 35.5 Å². The highest BCUT2D eigenvalue weighted by atomic mass is 127. The maximum atomic E-state index is 11.2. The Kier molecular flexibility index (Phi) is 2.10. The molecule has 14 heavy (non-hydrogen) atoms. The quantitative estimate of drug-likeness (QED) is 0.296. The summed E-state index contributed by atoms with van der Waals surface area (Å²) in [4.78, 5) is 22.4. The molecule has 2 rings (SSSR count). The Labute approximate surface area is 94.6 Å². The molecule has 4 heteroatoms. The van der Waals surface area contributed by atoms with Crippen molar-refractivity contribution >= 4 is 34.5 Å². The minimum Gasteiger partial charge on any atom is -0.386 e. The Balaban J connectivity index is 2.51. The van der Waals surface area contributed by atoms with Gasteiger partial charge in [-0.15, -0.1) is 0 Å². The molecule has 0 aromatic heterocycles. The average Bonchev–Trinajstić information content (AvgIpc) is 2.26. The summed E-state index contributed by atoms with van der Waals surface area (Å²) in [5, 5.41) is 0. The lowest BCUT2D eigenvalue weighted by atomic mass is 10.1. The fourth-order valence-electron chi connectivity index (χ4n) is 1.28. The lowest BCUT2D eigenvalue weighted by Gasteiger charge is -2.10. The zero-order valence-corrected chi connectivity index (χ0v) is 9.57. The summed E-state index contributed by atoms with van der Waals surface area (Å²) >= 11 is 2.23. The van der Waals surface area contributed by atoms with Gasteiger partial charge in [0.05, 0.1) is 14.6 Å². The molecule has 0 unspecified atom stereocenters. The molecule has 0 saturated heterocycles. The maximum Gasteiger partial charge on any atom is 0.346 e. The first-order chi connectivity index (χ1) is 6.49. The van der Waals surface area contributed by atoms with Crippen LogP contribution in [0.5, 0.6) is 0 Å². The van der Waals surface area contributed by atoms with E-state index in [-0.39, 0.29) is 3.42 Å². The third-order valence-corrected chi connectivity index (χ3v) is 2.79. The normalized spacial score (nSPS) is 23.6. The number of esters is 2. The van der Waals surface area contributed by atoms with Gasteiger partial charge in [0.2, 0.25) is 0 Å². The van der Waals surface area contributed by atoms with Crippen LogP contribution in [0.2, 0.25) is 0 Å². The Hall–Kier alpha value is -0.910. The second kappa shape index (κ2) is 3.05. The summed E-state index contributed by atoms with van der Waals surface area (Å²) in [6.45, 7) is 1.98. The number of carbonyl (C=O) groups is 2. The third kappa shape index (κ3) is 1.54. The molecule has 0 aromatic carbocycles. The highest BCUT2D eigenvalue weighted by Crippen LogP contribution is 2.30. The van der Waals surface area contributed by atoms with Gasteiger partial charge in [-0.3, -0.25) is 0 Å². The van der Waals surface area contributed by atoms with Crippen LogP contribution in [0, 0.1) is 0 Å². The molecule has 0 saturated carbocycles. The summed E-state index contributed by atoms with van der Waals surface area (Å²) in [7, 11) is 0. The zero-order chi connectivity index (χ0) is 10.3. The van der Waals surface area contributed by atoms with Gasteiger partial charge in [0, 0.05) is 0 Å². The molecule has 0 fully saturated rings. The van der Waals surface area contributed by atoms with Crippen LogP contribution in [0.1, 0.15) is 6.92 Å². The number of carbonyl (C=O) groups excluding carboxylic acids is 2. The molecule has 72 valence electrons. The van der Waals surface area contributed by atoms with E-state index in [0.29, 0.717) is 11.1 Å². The predicted octanol–water partition coefficient (Wildman–Crippen LogP) is 1.69. The van der Waals surface area contributed by atoms with Crippen molar-refractivity contribution in [3.63, 3.8) is 0 Å². The highest BCUT2D eigenvalue weighted by molar-refractivity contribution is 14.1. The van der Waals surface area contributed by atoms with Gasteiger partial charge >= 0.3 is 11.9 Å². The first kappa shape index (κ1) is 9.64. The third-order valence-electron chi connectivity index (χ3n) is 2.07. The monoisotopic (exact) mass is 302 g/mol. The first-order valence-electron chi connectivity index (χ1n) is 4.08. The molecule has 1 aliphatic carbocycles. The van der Waals surface area contributed by atoms with Gasteiger partial charge in [0.15, 0.2) is 0 Å². The fraction of sp³-hybridized carbons (Fsp3) is 0.200. The second-order valence-electron chi connectivity index (χ2n) is 3.32. The van der Waals surface area contributed by atoms with Gasteiger partial charge in [-0.25, -0.2) is 9.59 Å². The van der Waals surface area contributed by atoms with Crippen molar-refractivity contribution in [2.45, 2.75) is 10.3 Å². The molecule has 0 aromatic rings. The van der Waals surface area contributed by atoms with Crippen LogP contribution in [0.3, 0.4) is 0 Å². The van der Waals surface area contributed by atoms with E-state index in [4.69, 9.17) is 0 Å². The Morgan fingerprint density at radius 2 is 1.57 bits per heavy atom. The number of allylic oxidation sites excluding steroid dienone is 2. The van der Waals surface area contributed by atoms with E-state index in [9.17, 15) is 9.59 Å². The van der Waals surface area contributed by atoms with Gasteiger partial charge < -0.3 is 4.74 Å². The smallest absolute Gasteiger partial charge is 0.346 e. The van der Waals surface area contributed by atoms with Gasteiger partial charge in [-0.1, -0.05) is 34.7 Å². The zero-order valence-electron chi connectivity index (χ0n) is 7.41. The summed E-state index contributed by atoms with van der Waals surface area (Å²) in [5.74, 6) is -1.11. The Bertz CT molecular complexity index is 377. The molecule has 0 atom stereocenters. The molecule has 2 aliphatic rings. The maximum absolute atomic E-state index is 11.2. The molecule has 1 heterocycles. The summed E-state index contributed by atoms with van der Waals surface area (Å²) in [6, 6.07) is 0. The van der Waals surface area contributed by atoms with Crippen molar-refractivity contribution in [2.24, 2.45) is 0 Å². The van der Waals surface area contributed by atoms with Crippen molar-refractivity contribution in [2.75, 3.05) is 0 Å². The van der Waals surface area contributed by atoms with Crippen LogP contribution in [-0.4, -0.2) is 15.4 Å². The molecule has 0 amide bonds. The van der Waals surface area contributed by atoms with E-state index in [1.807, 2.05) is 19.1 Å². The number of hydrogen-bond acceptors (Lipinski definition) is 3. The molecular weight excluding hydrogens is 295 g/mol. The average molecular weight is 302 g/mol. The van der Waals surface area contributed by atoms with E-state index in [1.165, 1.54) is 0 Å². The highest BCUT2D eigenvalue weighted by Gasteiger charge is 2.31. The SMILES string of the molecule is CC1(I)C=CC2=C(C=C1)C(=O)OC2=O. The molecule has 0 N–H and O–H groups in total. The minimum atomic E-state index is -0.556. The fourth-order valence-corrected chi connectivity index (χ4v) is 1.64. The standard InChI is InChI=1S/C10H7IO3/c1-10(11)4-2-6-7(3-5-10)9(13)14-8(6)12/h2-5H,1H3. The second-order valence-corrected chi connectivity index (χ2v) is 5.65. The molecular formula is C10H7IO3. The molecule has 0 bridgehead atoms. The van der Waals surface area contributed by atoms with Gasteiger partial charge in [-0.2, -0.15) is 0 Å². The van der Waals surface area contributed by atoms with E-state index in [1.54, 1.807) is 12.2 Å². The van der Waals surface area contributed by atoms with Crippen LogP contribution < -0.4 is 0 Å². The number of hydrogen-bond donors (Lipinski definition) is 0. The van der Waals surface area contributed by atoms with E-state index >= 15 is 0 Å². The lowest BCUT2D eigenvalue weighted by Crippen LogP contribution is -2.07. The van der Waals surface area contributed by atoms with Gasteiger partial charge in [-0.05, 0) is 19.1 Å². The molecule has 1 aliphatic heterocycles. The Morgan fingerprint density at radius 3 is 2.00 bits per heavy atom. The Morgan fingerprint density at radius 1 is 1.14 bits per heavy atom. The summed E-state index contributed by atoms with van der Waals surface area (Å²) < 4.78 is 4.31. The van der Waals surface area contributed by atoms with Crippen LogP contribution >= 0.6 is 22.6 Å². The van der Waals surface area contributed by atoms with Crippen LogP contribution in [0.15, 0.2) is 35.5 Å². The van der Waals surface area contributed by atoms with Gasteiger partial charge in [0.25, 0.3) is 0 Å². The summed E-state index contributed by atoms with van der Waals surface area (Å²) in [6.07, 6.45) is 7.03. The van der Waals surface area contributed by atoms with Crippen molar-refractivity contribution in [3.8, 4) is 0 Å². The molecule has 0 spiro atoms. The van der Waals surface area contributed by atoms with Crippen LogP contribution in [0.25, 0.3) is 0 Å². The minimum absolute atomic E-state index is 0.164.